The lowest BCUT2D eigenvalue weighted by atomic mass is 9.72. The van der Waals surface area contributed by atoms with Crippen molar-refractivity contribution in [1.29, 1.82) is 0 Å². The number of amides is 1. The second kappa shape index (κ2) is 10.2. The third-order valence-corrected chi connectivity index (χ3v) is 6.67. The first-order valence-corrected chi connectivity index (χ1v) is 11.2. The van der Waals surface area contributed by atoms with E-state index in [-0.39, 0.29) is 11.9 Å². The molecule has 160 valence electrons. The summed E-state index contributed by atoms with van der Waals surface area (Å²) in [4.78, 5) is 27.5. The number of anilines is 1. The zero-order valence-corrected chi connectivity index (χ0v) is 19.2. The van der Waals surface area contributed by atoms with Crippen molar-refractivity contribution in [2.75, 3.05) is 31.6 Å². The van der Waals surface area contributed by atoms with Crippen LogP contribution in [0.1, 0.15) is 37.3 Å². The Morgan fingerprint density at radius 2 is 1.83 bits per heavy atom. The second-order valence-electron chi connectivity index (χ2n) is 7.77. The zero-order chi connectivity index (χ0) is 21.6. The maximum atomic E-state index is 12.8. The van der Waals surface area contributed by atoms with Gasteiger partial charge in [-0.25, -0.2) is 0 Å². The largest absolute Gasteiger partial charge is 0.465 e. The average molecular weight is 473 g/mol. The van der Waals surface area contributed by atoms with E-state index in [4.69, 9.17) is 4.74 Å². The van der Waals surface area contributed by atoms with E-state index in [1.165, 1.54) is 0 Å². The summed E-state index contributed by atoms with van der Waals surface area (Å²) in [5.74, 6) is -0.144. The molecule has 1 fully saturated rings. The van der Waals surface area contributed by atoms with Gasteiger partial charge in [0.05, 0.1) is 12.0 Å². The molecule has 0 aromatic heterocycles. The summed E-state index contributed by atoms with van der Waals surface area (Å²) in [6, 6.07) is 15.7. The molecule has 0 aliphatic carbocycles. The quantitative estimate of drug-likeness (QED) is 0.594. The van der Waals surface area contributed by atoms with Crippen molar-refractivity contribution in [2.45, 2.75) is 38.5 Å². The highest BCUT2D eigenvalue weighted by molar-refractivity contribution is 9.10. The molecule has 0 bridgehead atoms. The van der Waals surface area contributed by atoms with E-state index >= 15 is 0 Å². The summed E-state index contributed by atoms with van der Waals surface area (Å²) in [6.45, 7) is 6.43. The van der Waals surface area contributed by atoms with E-state index in [1.807, 2.05) is 62.4 Å². The van der Waals surface area contributed by atoms with Crippen LogP contribution in [-0.2, 0) is 19.7 Å². The molecule has 1 saturated heterocycles. The number of esters is 1. The van der Waals surface area contributed by atoms with Crippen LogP contribution in [-0.4, -0.2) is 43.0 Å². The molecule has 2 aromatic rings. The van der Waals surface area contributed by atoms with E-state index in [0.717, 1.165) is 34.4 Å². The minimum atomic E-state index is -0.593. The highest BCUT2D eigenvalue weighted by atomic mass is 79.9. The summed E-state index contributed by atoms with van der Waals surface area (Å²) in [5.41, 5.74) is 2.35. The minimum Gasteiger partial charge on any atom is -0.465 e. The Kier molecular flexibility index (Phi) is 7.67. The Hall–Kier alpha value is -2.18. The first kappa shape index (κ1) is 22.5. The predicted molar refractivity (Wildman–Crippen MR) is 123 cm³/mol. The number of nitrogens with zero attached hydrogens (tertiary/aromatic N) is 1. The maximum Gasteiger partial charge on any atom is 0.316 e. The van der Waals surface area contributed by atoms with Gasteiger partial charge >= 0.3 is 5.97 Å². The van der Waals surface area contributed by atoms with Gasteiger partial charge in [-0.05, 0) is 63.0 Å². The molecule has 1 N–H and O–H groups in total. The predicted octanol–water partition coefficient (Wildman–Crippen LogP) is 4.68. The van der Waals surface area contributed by atoms with Crippen molar-refractivity contribution in [1.82, 2.24) is 4.90 Å². The Bertz CT molecular complexity index is 877. The highest BCUT2D eigenvalue weighted by Crippen LogP contribution is 2.37. The summed E-state index contributed by atoms with van der Waals surface area (Å²) < 4.78 is 6.41. The fourth-order valence-electron chi connectivity index (χ4n) is 3.95. The van der Waals surface area contributed by atoms with Gasteiger partial charge in [0, 0.05) is 23.1 Å². The Morgan fingerprint density at radius 1 is 1.13 bits per heavy atom. The average Bonchev–Trinajstić information content (AvgIpc) is 2.76. The number of halogens is 1. The number of likely N-dealkylation sites (tertiary alicyclic amines) is 1. The van der Waals surface area contributed by atoms with Gasteiger partial charge in [-0.15, -0.1) is 0 Å². The monoisotopic (exact) mass is 472 g/mol. The lowest BCUT2D eigenvalue weighted by Gasteiger charge is -2.40. The number of carbonyl (C=O) groups is 2. The molecule has 5 nitrogen and oxygen atoms in total. The first-order chi connectivity index (χ1) is 14.4. The number of benzene rings is 2. The molecule has 30 heavy (non-hydrogen) atoms. The molecule has 1 aliphatic heterocycles. The third kappa shape index (κ3) is 5.29. The molecule has 3 rings (SSSR count). The molecular weight excluding hydrogens is 444 g/mol. The van der Waals surface area contributed by atoms with Crippen molar-refractivity contribution >= 4 is 33.5 Å². The van der Waals surface area contributed by atoms with Crippen LogP contribution in [0.2, 0.25) is 0 Å². The summed E-state index contributed by atoms with van der Waals surface area (Å²) in [5, 5.41) is 2.96. The maximum absolute atomic E-state index is 12.8. The number of hydrogen-bond acceptors (Lipinski definition) is 4. The molecular formula is C24H29BrN2O3. The van der Waals surface area contributed by atoms with Gasteiger partial charge in [0.25, 0.3) is 0 Å². The molecule has 2 aromatic carbocycles. The highest BCUT2D eigenvalue weighted by Gasteiger charge is 2.44. The fourth-order valence-corrected chi connectivity index (χ4v) is 4.33. The van der Waals surface area contributed by atoms with Crippen LogP contribution in [0.25, 0.3) is 0 Å². The molecule has 0 unspecified atom stereocenters. The van der Waals surface area contributed by atoms with Crippen LogP contribution < -0.4 is 5.32 Å². The van der Waals surface area contributed by atoms with Crippen LogP contribution >= 0.6 is 15.9 Å². The van der Waals surface area contributed by atoms with E-state index in [2.05, 4.69) is 26.1 Å². The Morgan fingerprint density at radius 3 is 2.47 bits per heavy atom. The first-order valence-electron chi connectivity index (χ1n) is 10.5. The third-order valence-electron chi connectivity index (χ3n) is 5.81. The molecule has 0 radical (unpaired) electrons. The number of piperidine rings is 1. The number of nitrogens with one attached hydrogen (secondary N) is 1. The molecule has 1 amide bonds. The molecule has 6 heteroatoms. The van der Waals surface area contributed by atoms with Crippen molar-refractivity contribution in [3.05, 3.63) is 64.1 Å². The van der Waals surface area contributed by atoms with E-state index in [0.29, 0.717) is 32.4 Å². The van der Waals surface area contributed by atoms with Gasteiger partial charge in [-0.2, -0.15) is 0 Å². The number of hydrogen-bond donors (Lipinski definition) is 1. The van der Waals surface area contributed by atoms with Gasteiger partial charge in [-0.1, -0.05) is 52.3 Å². The number of aryl methyl sites for hydroxylation is 1. The SMILES string of the molecule is CCOC(=O)C1(c2ccccc2)CCN(CCC(=O)Nc2ccc(C)c(Br)c2)CC1. The van der Waals surface area contributed by atoms with Crippen molar-refractivity contribution in [3.63, 3.8) is 0 Å². The summed E-state index contributed by atoms with van der Waals surface area (Å²) in [7, 11) is 0. The fraction of sp³-hybridized carbons (Fsp3) is 0.417. The van der Waals surface area contributed by atoms with Crippen molar-refractivity contribution in [2.24, 2.45) is 0 Å². The molecule has 1 aliphatic rings. The zero-order valence-electron chi connectivity index (χ0n) is 17.6. The van der Waals surface area contributed by atoms with Crippen LogP contribution in [0.4, 0.5) is 5.69 Å². The Balaban J connectivity index is 1.56. The van der Waals surface area contributed by atoms with E-state index < -0.39 is 5.41 Å². The smallest absolute Gasteiger partial charge is 0.316 e. The van der Waals surface area contributed by atoms with Crippen LogP contribution in [0.5, 0.6) is 0 Å². The van der Waals surface area contributed by atoms with Gasteiger partial charge in [0.1, 0.15) is 0 Å². The summed E-state index contributed by atoms with van der Waals surface area (Å²) >= 11 is 3.49. The Labute approximate surface area is 186 Å². The molecule has 0 atom stereocenters. The number of ether oxygens (including phenoxy) is 1. The normalized spacial score (nSPS) is 16.1. The lowest BCUT2D eigenvalue weighted by molar-refractivity contribution is -0.152. The lowest BCUT2D eigenvalue weighted by Crippen LogP contribution is -2.48. The molecule has 0 saturated carbocycles. The van der Waals surface area contributed by atoms with Crippen molar-refractivity contribution in [3.8, 4) is 0 Å². The van der Waals surface area contributed by atoms with E-state index in [9.17, 15) is 9.59 Å². The minimum absolute atomic E-state index is 0.00366. The molecule has 0 spiro atoms. The van der Waals surface area contributed by atoms with Gasteiger partial charge in [0.2, 0.25) is 5.91 Å². The van der Waals surface area contributed by atoms with Gasteiger partial charge in [0.15, 0.2) is 0 Å². The van der Waals surface area contributed by atoms with Crippen LogP contribution in [0.3, 0.4) is 0 Å². The van der Waals surface area contributed by atoms with Gasteiger partial charge in [-0.3, -0.25) is 9.59 Å². The number of carbonyl (C=O) groups excluding carboxylic acids is 2. The second-order valence-corrected chi connectivity index (χ2v) is 8.63. The molecule has 1 heterocycles. The van der Waals surface area contributed by atoms with Crippen LogP contribution in [0, 0.1) is 6.92 Å². The van der Waals surface area contributed by atoms with Crippen molar-refractivity contribution < 1.29 is 14.3 Å². The van der Waals surface area contributed by atoms with Gasteiger partial charge < -0.3 is 15.0 Å². The topological polar surface area (TPSA) is 58.6 Å². The summed E-state index contributed by atoms with van der Waals surface area (Å²) in [6.07, 6.45) is 1.81. The van der Waals surface area contributed by atoms with E-state index in [1.54, 1.807) is 0 Å². The van der Waals surface area contributed by atoms with Crippen LogP contribution in [0.15, 0.2) is 53.0 Å². The standard InChI is InChI=1S/C24H29BrN2O3/c1-3-30-23(29)24(19-7-5-4-6-8-19)12-15-27(16-13-24)14-11-22(28)26-20-10-9-18(2)21(25)17-20/h4-10,17H,3,11-16H2,1-2H3,(H,26,28). The number of rotatable bonds is 7.